The molecular weight excluding hydrogens is 334 g/mol. The van der Waals surface area contributed by atoms with Gasteiger partial charge in [0.15, 0.2) is 0 Å². The summed E-state index contributed by atoms with van der Waals surface area (Å²) in [5.41, 5.74) is 1.88. The second-order valence-electron chi connectivity index (χ2n) is 5.27. The number of aliphatic hydroxyl groups excluding tert-OH is 1. The first-order chi connectivity index (χ1) is 10.9. The molecule has 0 heterocycles. The smallest absolute Gasteiger partial charge is 0.240 e. The first kappa shape index (κ1) is 17.9. The maximum Gasteiger partial charge on any atom is 0.240 e. The molecule has 2 N–H and O–H groups in total. The van der Waals surface area contributed by atoms with Crippen LogP contribution in [0.5, 0.6) is 0 Å². The lowest BCUT2D eigenvalue weighted by Gasteiger charge is -2.10. The average Bonchev–Trinajstić information content (AvgIpc) is 2.55. The summed E-state index contributed by atoms with van der Waals surface area (Å²) in [5, 5.41) is 10.2. The highest BCUT2D eigenvalue weighted by atomic mass is 35.5. The van der Waals surface area contributed by atoms with Crippen molar-refractivity contribution in [3.63, 3.8) is 0 Å². The predicted molar refractivity (Wildman–Crippen MR) is 92.0 cm³/mol. The van der Waals surface area contributed by atoms with Crippen LogP contribution in [0.4, 0.5) is 0 Å². The van der Waals surface area contributed by atoms with Gasteiger partial charge in [0.1, 0.15) is 0 Å². The summed E-state index contributed by atoms with van der Waals surface area (Å²) in [6.07, 6.45) is 0.794. The van der Waals surface area contributed by atoms with Gasteiger partial charge >= 0.3 is 0 Å². The van der Waals surface area contributed by atoms with Crippen LogP contribution in [0.25, 0.3) is 0 Å². The van der Waals surface area contributed by atoms with E-state index in [-0.39, 0.29) is 4.90 Å². The summed E-state index contributed by atoms with van der Waals surface area (Å²) in [5.74, 6) is 0. The number of benzene rings is 2. The second-order valence-corrected chi connectivity index (χ2v) is 7.47. The topological polar surface area (TPSA) is 66.4 Å². The van der Waals surface area contributed by atoms with Crippen molar-refractivity contribution in [1.82, 2.24) is 4.72 Å². The van der Waals surface area contributed by atoms with Crippen molar-refractivity contribution in [1.29, 1.82) is 0 Å². The quantitative estimate of drug-likeness (QED) is 0.802. The summed E-state index contributed by atoms with van der Waals surface area (Å²) in [6, 6.07) is 13.6. The Balaban J connectivity index is 1.92. The lowest BCUT2D eigenvalue weighted by molar-refractivity contribution is 0.173. The molecule has 1 atom stereocenters. The van der Waals surface area contributed by atoms with E-state index in [0.29, 0.717) is 24.4 Å². The Morgan fingerprint density at radius 1 is 1.09 bits per heavy atom. The molecule has 0 saturated heterocycles. The van der Waals surface area contributed by atoms with Crippen LogP contribution in [0.1, 0.15) is 30.6 Å². The van der Waals surface area contributed by atoms with Gasteiger partial charge in [0, 0.05) is 11.6 Å². The van der Waals surface area contributed by atoms with Crippen molar-refractivity contribution in [2.45, 2.75) is 30.8 Å². The van der Waals surface area contributed by atoms with E-state index in [4.69, 9.17) is 11.6 Å². The molecule has 1 unspecified atom stereocenters. The van der Waals surface area contributed by atoms with Gasteiger partial charge < -0.3 is 5.11 Å². The van der Waals surface area contributed by atoms with Crippen LogP contribution in [0.2, 0.25) is 5.02 Å². The van der Waals surface area contributed by atoms with E-state index in [1.54, 1.807) is 12.1 Å². The number of aliphatic hydroxyl groups is 1. The molecule has 0 saturated carbocycles. The third-order valence-corrected chi connectivity index (χ3v) is 5.31. The summed E-state index contributed by atoms with van der Waals surface area (Å²) in [4.78, 5) is 0.198. The lowest BCUT2D eigenvalue weighted by atomic mass is 10.0. The molecule has 0 radical (unpaired) electrons. The Labute approximate surface area is 142 Å². The van der Waals surface area contributed by atoms with Gasteiger partial charge in [-0.05, 0) is 48.2 Å². The number of rotatable bonds is 7. The molecule has 0 fully saturated rings. The molecule has 0 amide bonds. The van der Waals surface area contributed by atoms with Gasteiger partial charge in [0.2, 0.25) is 10.0 Å². The van der Waals surface area contributed by atoms with E-state index in [9.17, 15) is 13.5 Å². The van der Waals surface area contributed by atoms with Crippen LogP contribution >= 0.6 is 11.6 Å². The summed E-state index contributed by atoms with van der Waals surface area (Å²) in [6.45, 7) is 2.23. The van der Waals surface area contributed by atoms with Crippen LogP contribution < -0.4 is 4.72 Å². The molecule has 124 valence electrons. The van der Waals surface area contributed by atoms with E-state index >= 15 is 0 Å². The highest BCUT2D eigenvalue weighted by Crippen LogP contribution is 2.17. The Hall–Kier alpha value is -1.40. The van der Waals surface area contributed by atoms with Crippen LogP contribution in [0.3, 0.4) is 0 Å². The minimum absolute atomic E-state index is 0.198. The molecule has 0 aliphatic rings. The molecule has 0 spiro atoms. The highest BCUT2D eigenvalue weighted by molar-refractivity contribution is 7.89. The molecule has 2 aromatic rings. The summed E-state index contributed by atoms with van der Waals surface area (Å²) >= 11 is 5.76. The van der Waals surface area contributed by atoms with Gasteiger partial charge in [-0.3, -0.25) is 0 Å². The van der Waals surface area contributed by atoms with Gasteiger partial charge in [-0.15, -0.1) is 0 Å². The molecule has 2 aromatic carbocycles. The van der Waals surface area contributed by atoms with Crippen molar-refractivity contribution in [3.05, 3.63) is 64.7 Å². The van der Waals surface area contributed by atoms with Crippen molar-refractivity contribution in [3.8, 4) is 0 Å². The minimum Gasteiger partial charge on any atom is -0.388 e. The highest BCUT2D eigenvalue weighted by Gasteiger charge is 2.13. The van der Waals surface area contributed by atoms with E-state index in [1.165, 1.54) is 12.1 Å². The number of nitrogens with one attached hydrogen (secondary N) is 1. The maximum absolute atomic E-state index is 12.1. The van der Waals surface area contributed by atoms with Gasteiger partial charge in [0.05, 0.1) is 11.0 Å². The fourth-order valence-corrected chi connectivity index (χ4v) is 3.33. The van der Waals surface area contributed by atoms with Crippen molar-refractivity contribution >= 4 is 21.6 Å². The minimum atomic E-state index is -3.52. The van der Waals surface area contributed by atoms with Crippen LogP contribution in [0.15, 0.2) is 53.4 Å². The van der Waals surface area contributed by atoms with E-state index in [1.807, 2.05) is 31.2 Å². The molecule has 0 aliphatic carbocycles. The molecule has 0 aromatic heterocycles. The Bertz CT molecular complexity index is 727. The predicted octanol–water partition coefficient (Wildman–Crippen LogP) is 3.30. The largest absolute Gasteiger partial charge is 0.388 e. The van der Waals surface area contributed by atoms with Crippen molar-refractivity contribution in [2.24, 2.45) is 0 Å². The van der Waals surface area contributed by atoms with Crippen molar-refractivity contribution < 1.29 is 13.5 Å². The van der Waals surface area contributed by atoms with E-state index < -0.39 is 16.1 Å². The number of hydrogen-bond donors (Lipinski definition) is 2. The summed E-state index contributed by atoms with van der Waals surface area (Å²) < 4.78 is 26.8. The first-order valence-corrected chi connectivity index (χ1v) is 9.30. The molecule has 4 nitrogen and oxygen atoms in total. The second kappa shape index (κ2) is 7.93. The van der Waals surface area contributed by atoms with Crippen LogP contribution in [-0.2, 0) is 16.4 Å². The molecule has 2 rings (SSSR count). The Kier molecular flexibility index (Phi) is 6.18. The van der Waals surface area contributed by atoms with Gasteiger partial charge in [0.25, 0.3) is 0 Å². The summed E-state index contributed by atoms with van der Waals surface area (Å²) in [7, 11) is -3.52. The van der Waals surface area contributed by atoms with Crippen LogP contribution in [-0.4, -0.2) is 20.1 Å². The fourth-order valence-electron chi connectivity index (χ4n) is 2.17. The SMILES string of the molecule is CCC(O)c1ccc(CCNS(=O)(=O)c2ccc(Cl)cc2)cc1. The first-order valence-electron chi connectivity index (χ1n) is 7.44. The molecule has 6 heteroatoms. The zero-order valence-electron chi connectivity index (χ0n) is 12.9. The van der Waals surface area contributed by atoms with Crippen molar-refractivity contribution in [2.75, 3.05) is 6.54 Å². The van der Waals surface area contributed by atoms with Gasteiger partial charge in [-0.25, -0.2) is 13.1 Å². The third kappa shape index (κ3) is 5.04. The standard InChI is InChI=1S/C17H20ClNO3S/c1-2-17(20)14-5-3-13(4-6-14)11-12-19-23(21,22)16-9-7-15(18)8-10-16/h3-10,17,19-20H,2,11-12H2,1H3. The lowest BCUT2D eigenvalue weighted by Crippen LogP contribution is -2.25. The average molecular weight is 354 g/mol. The van der Waals surface area contributed by atoms with Crippen LogP contribution in [0, 0.1) is 0 Å². The third-order valence-electron chi connectivity index (χ3n) is 3.58. The Morgan fingerprint density at radius 3 is 2.26 bits per heavy atom. The monoisotopic (exact) mass is 353 g/mol. The zero-order valence-corrected chi connectivity index (χ0v) is 14.4. The molecule has 0 bridgehead atoms. The number of halogens is 1. The van der Waals surface area contributed by atoms with Gasteiger partial charge in [-0.1, -0.05) is 42.8 Å². The molecule has 0 aliphatic heterocycles. The normalized spacial score (nSPS) is 13.0. The number of sulfonamides is 1. The Morgan fingerprint density at radius 2 is 1.70 bits per heavy atom. The van der Waals surface area contributed by atoms with Gasteiger partial charge in [-0.2, -0.15) is 0 Å². The van der Waals surface area contributed by atoms with E-state index in [0.717, 1.165) is 11.1 Å². The fraction of sp³-hybridized carbons (Fsp3) is 0.294. The maximum atomic E-state index is 12.1. The number of hydrogen-bond acceptors (Lipinski definition) is 3. The zero-order chi connectivity index (χ0) is 16.9. The molecular formula is C17H20ClNO3S. The molecule has 23 heavy (non-hydrogen) atoms. The van der Waals surface area contributed by atoms with E-state index in [2.05, 4.69) is 4.72 Å².